The number of nitrogens with one attached hydrogen (secondary N) is 1. The fourth-order valence-corrected chi connectivity index (χ4v) is 4.37. The first-order chi connectivity index (χ1) is 11.0. The Hall–Kier alpha value is -1.48. The van der Waals surface area contributed by atoms with Gasteiger partial charge < -0.3 is 9.72 Å². The average Bonchev–Trinajstić information content (AvgIpc) is 2.90. The van der Waals surface area contributed by atoms with Crippen LogP contribution in [-0.4, -0.2) is 34.6 Å². The van der Waals surface area contributed by atoms with E-state index in [0.717, 1.165) is 31.6 Å². The van der Waals surface area contributed by atoms with Crippen LogP contribution < -0.4 is 4.74 Å². The largest absolute Gasteiger partial charge is 0.493 e. The van der Waals surface area contributed by atoms with Gasteiger partial charge in [0.1, 0.15) is 5.75 Å². The Balaban J connectivity index is 1.94. The molecule has 2 aromatic rings. The second-order valence-corrected chi connectivity index (χ2v) is 7.42. The van der Waals surface area contributed by atoms with E-state index >= 15 is 0 Å². The molecule has 3 heteroatoms. The lowest BCUT2D eigenvalue weighted by atomic mass is 9.96. The molecule has 2 heterocycles. The number of hydrogen-bond donors (Lipinski definition) is 1. The fourth-order valence-electron chi connectivity index (χ4n) is 4.37. The number of H-pyrrole nitrogens is 1. The van der Waals surface area contributed by atoms with Crippen LogP contribution >= 0.6 is 0 Å². The van der Waals surface area contributed by atoms with E-state index in [2.05, 4.69) is 62.8 Å². The molecule has 1 N–H and O–H groups in total. The number of ether oxygens (including phenoxy) is 1. The molecule has 0 saturated heterocycles. The second kappa shape index (κ2) is 6.56. The van der Waals surface area contributed by atoms with E-state index in [0.29, 0.717) is 18.1 Å². The summed E-state index contributed by atoms with van der Waals surface area (Å²) in [5.41, 5.74) is 4.08. The zero-order valence-corrected chi connectivity index (χ0v) is 15.1. The normalized spacial score (nSPS) is 16.2. The standard InChI is InChI=1S/C20H30N2O/c1-13(2)22(14(3)4)15(5)11-16-12-21-18-8-9-19-17(20(16)18)7-6-10-23-19/h8-9,12-15,21H,6-7,10-11H2,1-5H3. The monoisotopic (exact) mass is 314 g/mol. The number of hydrogen-bond acceptors (Lipinski definition) is 2. The zero-order valence-electron chi connectivity index (χ0n) is 15.1. The van der Waals surface area contributed by atoms with E-state index < -0.39 is 0 Å². The van der Waals surface area contributed by atoms with Crippen molar-refractivity contribution in [1.29, 1.82) is 0 Å². The molecule has 1 aliphatic heterocycles. The zero-order chi connectivity index (χ0) is 16.6. The van der Waals surface area contributed by atoms with Crippen LogP contribution in [0.5, 0.6) is 5.75 Å². The summed E-state index contributed by atoms with van der Waals surface area (Å²) in [5, 5.41) is 1.40. The van der Waals surface area contributed by atoms with Gasteiger partial charge in [0.25, 0.3) is 0 Å². The number of aryl methyl sites for hydroxylation is 1. The first-order valence-electron chi connectivity index (χ1n) is 9.01. The van der Waals surface area contributed by atoms with Gasteiger partial charge in [0, 0.05) is 40.8 Å². The SMILES string of the molecule is CC(C)N(C(C)C)C(C)Cc1c[nH]c2ccc3c(c12)CCCO3. The predicted molar refractivity (Wildman–Crippen MR) is 97.4 cm³/mol. The molecule has 1 atom stereocenters. The summed E-state index contributed by atoms with van der Waals surface area (Å²) in [6.45, 7) is 12.4. The van der Waals surface area contributed by atoms with Gasteiger partial charge in [-0.2, -0.15) is 0 Å². The highest BCUT2D eigenvalue weighted by Gasteiger charge is 2.23. The molecule has 3 nitrogen and oxygen atoms in total. The summed E-state index contributed by atoms with van der Waals surface area (Å²) in [5.74, 6) is 1.09. The first kappa shape index (κ1) is 16.4. The second-order valence-electron chi connectivity index (χ2n) is 7.42. The minimum atomic E-state index is 0.523. The molecule has 0 aliphatic carbocycles. The third kappa shape index (κ3) is 3.12. The molecule has 3 rings (SSSR count). The number of rotatable bonds is 5. The van der Waals surface area contributed by atoms with Crippen LogP contribution in [0.1, 0.15) is 52.2 Å². The number of fused-ring (bicyclic) bond motifs is 3. The molecule has 1 aromatic carbocycles. The van der Waals surface area contributed by atoms with Gasteiger partial charge in [-0.25, -0.2) is 0 Å². The lowest BCUT2D eigenvalue weighted by Gasteiger charge is -2.36. The minimum Gasteiger partial charge on any atom is -0.493 e. The highest BCUT2D eigenvalue weighted by molar-refractivity contribution is 5.89. The lowest BCUT2D eigenvalue weighted by Crippen LogP contribution is -2.44. The Morgan fingerprint density at radius 2 is 1.87 bits per heavy atom. The Morgan fingerprint density at radius 1 is 1.13 bits per heavy atom. The number of aromatic nitrogens is 1. The molecule has 1 unspecified atom stereocenters. The average molecular weight is 314 g/mol. The molecular formula is C20H30N2O. The molecule has 1 aliphatic rings. The summed E-state index contributed by atoms with van der Waals surface area (Å²) >= 11 is 0. The van der Waals surface area contributed by atoms with Gasteiger partial charge in [0.15, 0.2) is 0 Å². The molecule has 0 amide bonds. The maximum absolute atomic E-state index is 5.86. The fraction of sp³-hybridized carbons (Fsp3) is 0.600. The van der Waals surface area contributed by atoms with Gasteiger partial charge in [-0.3, -0.25) is 4.90 Å². The van der Waals surface area contributed by atoms with Crippen molar-refractivity contribution in [1.82, 2.24) is 9.88 Å². The topological polar surface area (TPSA) is 28.3 Å². The highest BCUT2D eigenvalue weighted by Crippen LogP contribution is 2.34. The van der Waals surface area contributed by atoms with Crippen LogP contribution in [0.3, 0.4) is 0 Å². The van der Waals surface area contributed by atoms with Gasteiger partial charge in [-0.15, -0.1) is 0 Å². The van der Waals surface area contributed by atoms with E-state index in [-0.39, 0.29) is 0 Å². The quantitative estimate of drug-likeness (QED) is 0.877. The molecule has 23 heavy (non-hydrogen) atoms. The van der Waals surface area contributed by atoms with E-state index in [1.165, 1.54) is 22.0 Å². The molecule has 1 aromatic heterocycles. The predicted octanol–water partition coefficient (Wildman–Crippen LogP) is 4.54. The van der Waals surface area contributed by atoms with Crippen molar-refractivity contribution in [3.63, 3.8) is 0 Å². The van der Waals surface area contributed by atoms with Crippen LogP contribution in [0.25, 0.3) is 10.9 Å². The Labute approximate surface area is 140 Å². The summed E-state index contributed by atoms with van der Waals surface area (Å²) in [6.07, 6.45) is 5.53. The van der Waals surface area contributed by atoms with Gasteiger partial charge >= 0.3 is 0 Å². The summed E-state index contributed by atoms with van der Waals surface area (Å²) < 4.78 is 5.86. The Morgan fingerprint density at radius 3 is 2.57 bits per heavy atom. The summed E-state index contributed by atoms with van der Waals surface area (Å²) in [6, 6.07) is 5.93. The number of aromatic amines is 1. The van der Waals surface area contributed by atoms with Gasteiger partial charge in [-0.05, 0) is 71.6 Å². The Kier molecular flexibility index (Phi) is 4.67. The summed E-state index contributed by atoms with van der Waals surface area (Å²) in [7, 11) is 0. The minimum absolute atomic E-state index is 0.523. The molecule has 0 spiro atoms. The highest BCUT2D eigenvalue weighted by atomic mass is 16.5. The lowest BCUT2D eigenvalue weighted by molar-refractivity contribution is 0.122. The third-order valence-corrected chi connectivity index (χ3v) is 5.04. The van der Waals surface area contributed by atoms with Crippen molar-refractivity contribution >= 4 is 10.9 Å². The molecule has 0 bridgehead atoms. The van der Waals surface area contributed by atoms with E-state index in [1.54, 1.807) is 0 Å². The Bertz CT molecular complexity index is 664. The van der Waals surface area contributed by atoms with E-state index in [4.69, 9.17) is 4.74 Å². The maximum Gasteiger partial charge on any atom is 0.123 e. The molecule has 126 valence electrons. The third-order valence-electron chi connectivity index (χ3n) is 5.04. The van der Waals surface area contributed by atoms with E-state index in [1.807, 2.05) is 0 Å². The van der Waals surface area contributed by atoms with Crippen LogP contribution in [0.15, 0.2) is 18.3 Å². The van der Waals surface area contributed by atoms with Crippen LogP contribution in [0.4, 0.5) is 0 Å². The van der Waals surface area contributed by atoms with Crippen molar-refractivity contribution in [3.05, 3.63) is 29.5 Å². The first-order valence-corrected chi connectivity index (χ1v) is 9.01. The van der Waals surface area contributed by atoms with Gasteiger partial charge in [0.2, 0.25) is 0 Å². The smallest absolute Gasteiger partial charge is 0.123 e. The van der Waals surface area contributed by atoms with Crippen LogP contribution in [-0.2, 0) is 12.8 Å². The van der Waals surface area contributed by atoms with Crippen molar-refractivity contribution in [2.24, 2.45) is 0 Å². The molecule has 0 radical (unpaired) electrons. The van der Waals surface area contributed by atoms with Gasteiger partial charge in [0.05, 0.1) is 6.61 Å². The van der Waals surface area contributed by atoms with Crippen LogP contribution in [0, 0.1) is 0 Å². The maximum atomic E-state index is 5.86. The van der Waals surface area contributed by atoms with Crippen molar-refractivity contribution in [3.8, 4) is 5.75 Å². The van der Waals surface area contributed by atoms with Crippen molar-refractivity contribution in [2.45, 2.75) is 72.0 Å². The molecule has 0 saturated carbocycles. The van der Waals surface area contributed by atoms with Crippen molar-refractivity contribution in [2.75, 3.05) is 6.61 Å². The van der Waals surface area contributed by atoms with Gasteiger partial charge in [-0.1, -0.05) is 0 Å². The number of nitrogens with zero attached hydrogens (tertiary/aromatic N) is 1. The molecule has 0 fully saturated rings. The van der Waals surface area contributed by atoms with E-state index in [9.17, 15) is 0 Å². The van der Waals surface area contributed by atoms with Crippen molar-refractivity contribution < 1.29 is 4.74 Å². The number of benzene rings is 1. The van der Waals surface area contributed by atoms with Crippen LogP contribution in [0.2, 0.25) is 0 Å². The molecular weight excluding hydrogens is 284 g/mol. The summed E-state index contributed by atoms with van der Waals surface area (Å²) in [4.78, 5) is 6.07.